The molecule has 2 nitrogen and oxygen atoms in total. The van der Waals surface area contributed by atoms with E-state index in [1.54, 1.807) is 0 Å². The highest BCUT2D eigenvalue weighted by Gasteiger charge is 2.02. The maximum absolute atomic E-state index is 8.22. The largest absolute Gasteiger partial charge is 0.461 e. The highest BCUT2D eigenvalue weighted by atomic mass is 32.2. The van der Waals surface area contributed by atoms with Crippen LogP contribution in [0, 0.1) is 0 Å². The summed E-state index contributed by atoms with van der Waals surface area (Å²) in [6.45, 7) is 1.98. The van der Waals surface area contributed by atoms with Gasteiger partial charge in [0.15, 0.2) is 0 Å². The summed E-state index contributed by atoms with van der Waals surface area (Å²) in [6, 6.07) is 0. The lowest BCUT2D eigenvalue weighted by atomic mass is 9.98. The highest BCUT2D eigenvalue weighted by molar-refractivity contribution is 8.00. The van der Waals surface area contributed by atoms with Crippen molar-refractivity contribution >= 4 is 18.9 Å². The van der Waals surface area contributed by atoms with Gasteiger partial charge in [0.25, 0.3) is 0 Å². The summed E-state index contributed by atoms with van der Waals surface area (Å²) in [5.41, 5.74) is 0.427. The van der Waals surface area contributed by atoms with Crippen LogP contribution in [0.15, 0.2) is 0 Å². The SMILES string of the molecule is CCSCB(O)O. The Labute approximate surface area is 48.1 Å². The molecule has 0 saturated heterocycles. The second-order valence-corrected chi connectivity index (χ2v) is 2.46. The fourth-order valence-corrected chi connectivity index (χ4v) is 0.670. The third-order valence-corrected chi connectivity index (χ3v) is 1.41. The summed E-state index contributed by atoms with van der Waals surface area (Å²) < 4.78 is 0. The molecule has 0 aliphatic rings. The summed E-state index contributed by atoms with van der Waals surface area (Å²) in [6.07, 6.45) is 0. The number of thioether (sulfide) groups is 1. The number of rotatable bonds is 3. The quantitative estimate of drug-likeness (QED) is 0.504. The first-order chi connectivity index (χ1) is 3.27. The first kappa shape index (κ1) is 7.33. The van der Waals surface area contributed by atoms with Crippen LogP contribution in [0.4, 0.5) is 0 Å². The van der Waals surface area contributed by atoms with Gasteiger partial charge in [-0.05, 0) is 5.75 Å². The van der Waals surface area contributed by atoms with Crippen LogP contribution in [0.2, 0.25) is 0 Å². The van der Waals surface area contributed by atoms with Gasteiger partial charge < -0.3 is 10.0 Å². The molecular weight excluding hydrogens is 111 g/mol. The van der Waals surface area contributed by atoms with E-state index in [1.165, 1.54) is 11.8 Å². The maximum Gasteiger partial charge on any atom is 0.461 e. The van der Waals surface area contributed by atoms with Gasteiger partial charge in [0.1, 0.15) is 0 Å². The molecule has 0 amide bonds. The van der Waals surface area contributed by atoms with Gasteiger partial charge in [-0.1, -0.05) is 6.92 Å². The zero-order valence-electron chi connectivity index (χ0n) is 4.29. The van der Waals surface area contributed by atoms with Crippen molar-refractivity contribution < 1.29 is 10.0 Å². The summed E-state index contributed by atoms with van der Waals surface area (Å²) in [7, 11) is -1.13. The van der Waals surface area contributed by atoms with Crippen LogP contribution in [-0.2, 0) is 0 Å². The molecule has 42 valence electrons. The lowest BCUT2D eigenvalue weighted by molar-refractivity contribution is 0.415. The normalized spacial score (nSPS) is 9.00. The van der Waals surface area contributed by atoms with Gasteiger partial charge in [0, 0.05) is 5.65 Å². The Balaban J connectivity index is 2.68. The summed E-state index contributed by atoms with van der Waals surface area (Å²) in [5.74, 6) is 0.942. The van der Waals surface area contributed by atoms with Crippen LogP contribution >= 0.6 is 11.8 Å². The van der Waals surface area contributed by atoms with Crippen molar-refractivity contribution in [2.75, 3.05) is 11.4 Å². The van der Waals surface area contributed by atoms with Crippen molar-refractivity contribution in [2.45, 2.75) is 6.92 Å². The fourth-order valence-electron chi connectivity index (χ4n) is 0.223. The zero-order chi connectivity index (χ0) is 5.70. The van der Waals surface area contributed by atoms with Crippen LogP contribution in [0.25, 0.3) is 0 Å². The zero-order valence-corrected chi connectivity index (χ0v) is 5.11. The van der Waals surface area contributed by atoms with Gasteiger partial charge in [-0.25, -0.2) is 0 Å². The van der Waals surface area contributed by atoms with E-state index in [0.29, 0.717) is 5.65 Å². The Morgan fingerprint density at radius 3 is 2.29 bits per heavy atom. The molecule has 0 aromatic carbocycles. The molecule has 4 heteroatoms. The molecule has 2 N–H and O–H groups in total. The lowest BCUT2D eigenvalue weighted by Crippen LogP contribution is -2.14. The van der Waals surface area contributed by atoms with Gasteiger partial charge in [-0.3, -0.25) is 0 Å². The Bertz CT molecular complexity index is 41.9. The van der Waals surface area contributed by atoms with Crippen LogP contribution in [-0.4, -0.2) is 28.6 Å². The first-order valence-electron chi connectivity index (χ1n) is 2.21. The van der Waals surface area contributed by atoms with E-state index in [0.717, 1.165) is 5.75 Å². The van der Waals surface area contributed by atoms with Crippen LogP contribution in [0.3, 0.4) is 0 Å². The van der Waals surface area contributed by atoms with Gasteiger partial charge in [-0.15, -0.1) is 0 Å². The van der Waals surface area contributed by atoms with E-state index >= 15 is 0 Å². The van der Waals surface area contributed by atoms with Gasteiger partial charge in [-0.2, -0.15) is 11.8 Å². The topological polar surface area (TPSA) is 40.5 Å². The Hall–Kier alpha value is 0.335. The van der Waals surface area contributed by atoms with E-state index in [-0.39, 0.29) is 0 Å². The summed E-state index contributed by atoms with van der Waals surface area (Å²) >= 11 is 1.52. The standard InChI is InChI=1S/C3H9BO2S/c1-2-7-3-4(5)6/h5-6H,2-3H2,1H3. The third kappa shape index (κ3) is 6.33. The van der Waals surface area contributed by atoms with Crippen molar-refractivity contribution in [2.24, 2.45) is 0 Å². The predicted octanol–water partition coefficient (Wildman–Crippen LogP) is -0.249. The fraction of sp³-hybridized carbons (Fsp3) is 1.00. The van der Waals surface area contributed by atoms with E-state index in [1.807, 2.05) is 6.92 Å². The minimum atomic E-state index is -1.13. The third-order valence-electron chi connectivity index (χ3n) is 0.471. The molecule has 0 atom stereocenters. The second kappa shape index (κ2) is 4.49. The molecule has 0 spiro atoms. The average Bonchev–Trinajstić information content (AvgIpc) is 1.61. The number of hydrogen-bond acceptors (Lipinski definition) is 3. The first-order valence-corrected chi connectivity index (χ1v) is 3.36. The molecule has 7 heavy (non-hydrogen) atoms. The Morgan fingerprint density at radius 2 is 2.14 bits per heavy atom. The van der Waals surface area contributed by atoms with Crippen molar-refractivity contribution in [1.82, 2.24) is 0 Å². The summed E-state index contributed by atoms with van der Waals surface area (Å²) in [4.78, 5) is 0. The van der Waals surface area contributed by atoms with E-state index < -0.39 is 7.12 Å². The van der Waals surface area contributed by atoms with E-state index in [2.05, 4.69) is 0 Å². The van der Waals surface area contributed by atoms with Gasteiger partial charge >= 0.3 is 7.12 Å². The minimum absolute atomic E-state index is 0.427. The van der Waals surface area contributed by atoms with Crippen molar-refractivity contribution in [3.63, 3.8) is 0 Å². The summed E-state index contributed by atoms with van der Waals surface area (Å²) in [5, 5.41) is 16.4. The van der Waals surface area contributed by atoms with E-state index in [4.69, 9.17) is 10.0 Å². The molecule has 0 heterocycles. The molecule has 0 rings (SSSR count). The molecule has 0 fully saturated rings. The Morgan fingerprint density at radius 1 is 1.57 bits per heavy atom. The highest BCUT2D eigenvalue weighted by Crippen LogP contribution is 1.96. The molecule has 0 aromatic heterocycles. The molecule has 0 aliphatic carbocycles. The maximum atomic E-state index is 8.22. The van der Waals surface area contributed by atoms with Crippen LogP contribution < -0.4 is 0 Å². The van der Waals surface area contributed by atoms with Crippen molar-refractivity contribution in [3.05, 3.63) is 0 Å². The molecular formula is C3H9BO2S. The smallest absolute Gasteiger partial charge is 0.427 e. The minimum Gasteiger partial charge on any atom is -0.427 e. The molecule has 0 radical (unpaired) electrons. The molecule has 0 saturated carbocycles. The molecule has 0 bridgehead atoms. The van der Waals surface area contributed by atoms with Gasteiger partial charge in [0.05, 0.1) is 0 Å². The second-order valence-electron chi connectivity index (χ2n) is 1.14. The lowest BCUT2D eigenvalue weighted by Gasteiger charge is -1.92. The molecule has 0 aliphatic heterocycles. The monoisotopic (exact) mass is 120 g/mol. The van der Waals surface area contributed by atoms with Crippen LogP contribution in [0.1, 0.15) is 6.92 Å². The van der Waals surface area contributed by atoms with Crippen LogP contribution in [0.5, 0.6) is 0 Å². The van der Waals surface area contributed by atoms with Crippen molar-refractivity contribution in [1.29, 1.82) is 0 Å². The Kier molecular flexibility index (Phi) is 4.71. The molecule has 0 aromatic rings. The number of hydrogen-bond donors (Lipinski definition) is 2. The van der Waals surface area contributed by atoms with Gasteiger partial charge in [0.2, 0.25) is 0 Å². The van der Waals surface area contributed by atoms with Crippen molar-refractivity contribution in [3.8, 4) is 0 Å². The predicted molar refractivity (Wildman–Crippen MR) is 33.2 cm³/mol. The van der Waals surface area contributed by atoms with E-state index in [9.17, 15) is 0 Å². The molecule has 0 unspecified atom stereocenters. The average molecular weight is 120 g/mol.